The Morgan fingerprint density at radius 2 is 2.00 bits per heavy atom. The summed E-state index contributed by atoms with van der Waals surface area (Å²) in [5, 5.41) is 3.46. The molecule has 0 spiro atoms. The lowest BCUT2D eigenvalue weighted by Gasteiger charge is -2.16. The van der Waals surface area contributed by atoms with Gasteiger partial charge >= 0.3 is 0 Å². The molecule has 1 heterocycles. The Morgan fingerprint density at radius 1 is 1.31 bits per heavy atom. The van der Waals surface area contributed by atoms with Gasteiger partial charge < -0.3 is 5.32 Å². The Kier molecular flexibility index (Phi) is 4.94. The van der Waals surface area contributed by atoms with Crippen LogP contribution in [0.1, 0.15) is 55.5 Å². The third-order valence-electron chi connectivity index (χ3n) is 3.07. The third-order valence-corrected chi connectivity index (χ3v) is 3.07. The fourth-order valence-corrected chi connectivity index (χ4v) is 2.02. The molecule has 0 aliphatic carbocycles. The molecule has 0 saturated heterocycles. The standard InChI is InChI=1S/C14H24N2/c1-6-7-15-8-14-11(4)13(10(2)3)9-16-12(14)5/h9-10,15H,6-8H2,1-5H3. The minimum absolute atomic E-state index is 0.554. The van der Waals surface area contributed by atoms with Crippen molar-refractivity contribution in [3.05, 3.63) is 28.6 Å². The van der Waals surface area contributed by atoms with Crippen molar-refractivity contribution >= 4 is 0 Å². The molecule has 1 rings (SSSR count). The molecule has 0 radical (unpaired) electrons. The van der Waals surface area contributed by atoms with Crippen LogP contribution in [0.25, 0.3) is 0 Å². The average Bonchev–Trinajstić information content (AvgIpc) is 2.22. The van der Waals surface area contributed by atoms with E-state index >= 15 is 0 Å². The first-order chi connectivity index (χ1) is 7.57. The second kappa shape index (κ2) is 6.00. The largest absolute Gasteiger partial charge is 0.313 e. The molecule has 0 unspecified atom stereocenters. The van der Waals surface area contributed by atoms with Crippen LogP contribution >= 0.6 is 0 Å². The molecule has 90 valence electrons. The number of aromatic nitrogens is 1. The monoisotopic (exact) mass is 220 g/mol. The van der Waals surface area contributed by atoms with Gasteiger partial charge in [-0.2, -0.15) is 0 Å². The smallest absolute Gasteiger partial charge is 0.0420 e. The van der Waals surface area contributed by atoms with Gasteiger partial charge in [0.05, 0.1) is 0 Å². The lowest BCUT2D eigenvalue weighted by Crippen LogP contribution is -2.17. The zero-order chi connectivity index (χ0) is 12.1. The van der Waals surface area contributed by atoms with Gasteiger partial charge in [-0.05, 0) is 49.4 Å². The van der Waals surface area contributed by atoms with Gasteiger partial charge in [0.1, 0.15) is 0 Å². The van der Waals surface area contributed by atoms with E-state index in [4.69, 9.17) is 0 Å². The van der Waals surface area contributed by atoms with E-state index in [0.717, 1.165) is 18.8 Å². The summed E-state index contributed by atoms with van der Waals surface area (Å²) >= 11 is 0. The van der Waals surface area contributed by atoms with Gasteiger partial charge in [-0.15, -0.1) is 0 Å². The second-order valence-corrected chi connectivity index (χ2v) is 4.73. The van der Waals surface area contributed by atoms with Gasteiger partial charge in [-0.1, -0.05) is 20.8 Å². The van der Waals surface area contributed by atoms with Crippen LogP contribution in [0.5, 0.6) is 0 Å². The average molecular weight is 220 g/mol. The van der Waals surface area contributed by atoms with E-state index in [0.29, 0.717) is 5.92 Å². The fraction of sp³-hybridized carbons (Fsp3) is 0.643. The van der Waals surface area contributed by atoms with Crippen LogP contribution in [0, 0.1) is 13.8 Å². The van der Waals surface area contributed by atoms with E-state index < -0.39 is 0 Å². The van der Waals surface area contributed by atoms with Crippen molar-refractivity contribution in [1.29, 1.82) is 0 Å². The van der Waals surface area contributed by atoms with Crippen LogP contribution in [-0.4, -0.2) is 11.5 Å². The predicted molar refractivity (Wildman–Crippen MR) is 69.8 cm³/mol. The summed E-state index contributed by atoms with van der Waals surface area (Å²) in [7, 11) is 0. The molecule has 0 atom stereocenters. The normalized spacial score (nSPS) is 11.1. The van der Waals surface area contributed by atoms with Crippen molar-refractivity contribution in [2.24, 2.45) is 0 Å². The summed E-state index contributed by atoms with van der Waals surface area (Å²) < 4.78 is 0. The van der Waals surface area contributed by atoms with Crippen LogP contribution in [0.2, 0.25) is 0 Å². The van der Waals surface area contributed by atoms with Gasteiger partial charge in [-0.3, -0.25) is 4.98 Å². The Labute approximate surface area is 99.5 Å². The maximum Gasteiger partial charge on any atom is 0.0420 e. The minimum Gasteiger partial charge on any atom is -0.313 e. The highest BCUT2D eigenvalue weighted by Crippen LogP contribution is 2.22. The molecule has 0 aliphatic rings. The molecule has 2 heteroatoms. The summed E-state index contributed by atoms with van der Waals surface area (Å²) in [6, 6.07) is 0. The lowest BCUT2D eigenvalue weighted by molar-refractivity contribution is 0.665. The topological polar surface area (TPSA) is 24.9 Å². The van der Waals surface area contributed by atoms with Gasteiger partial charge in [0, 0.05) is 18.4 Å². The first-order valence-electron chi connectivity index (χ1n) is 6.23. The number of hydrogen-bond acceptors (Lipinski definition) is 2. The Bertz CT molecular complexity index is 343. The summed E-state index contributed by atoms with van der Waals surface area (Å²) in [5.74, 6) is 0.554. The molecule has 0 aliphatic heterocycles. The molecule has 0 saturated carbocycles. The van der Waals surface area contributed by atoms with Crippen LogP contribution in [0.3, 0.4) is 0 Å². The molecule has 0 aromatic carbocycles. The first-order valence-corrected chi connectivity index (χ1v) is 6.23. The summed E-state index contributed by atoms with van der Waals surface area (Å²) in [6.07, 6.45) is 3.20. The van der Waals surface area contributed by atoms with Crippen molar-refractivity contribution in [3.8, 4) is 0 Å². The van der Waals surface area contributed by atoms with Crippen molar-refractivity contribution in [2.75, 3.05) is 6.54 Å². The highest BCUT2D eigenvalue weighted by atomic mass is 14.9. The van der Waals surface area contributed by atoms with E-state index in [1.807, 2.05) is 6.20 Å². The van der Waals surface area contributed by atoms with Crippen LogP contribution < -0.4 is 5.32 Å². The first kappa shape index (κ1) is 13.2. The fourth-order valence-electron chi connectivity index (χ4n) is 2.02. The van der Waals surface area contributed by atoms with E-state index in [2.05, 4.69) is 44.9 Å². The Balaban J connectivity index is 2.92. The van der Waals surface area contributed by atoms with Crippen molar-refractivity contribution in [2.45, 2.75) is 53.5 Å². The SMILES string of the molecule is CCCNCc1c(C)ncc(C(C)C)c1C. The molecular formula is C14H24N2. The lowest BCUT2D eigenvalue weighted by atomic mass is 9.95. The maximum atomic E-state index is 4.50. The van der Waals surface area contributed by atoms with Gasteiger partial charge in [0.15, 0.2) is 0 Å². The zero-order valence-corrected chi connectivity index (χ0v) is 11.2. The molecule has 2 nitrogen and oxygen atoms in total. The molecule has 0 bridgehead atoms. The number of aryl methyl sites for hydroxylation is 1. The van der Waals surface area contributed by atoms with Gasteiger partial charge in [0.2, 0.25) is 0 Å². The number of nitrogens with zero attached hydrogens (tertiary/aromatic N) is 1. The van der Waals surface area contributed by atoms with Gasteiger partial charge in [0.25, 0.3) is 0 Å². The van der Waals surface area contributed by atoms with E-state index in [-0.39, 0.29) is 0 Å². The van der Waals surface area contributed by atoms with Gasteiger partial charge in [-0.25, -0.2) is 0 Å². The molecule has 1 aromatic rings. The summed E-state index contributed by atoms with van der Waals surface area (Å²) in [5.41, 5.74) is 5.31. The number of nitrogens with one attached hydrogen (secondary N) is 1. The minimum atomic E-state index is 0.554. The van der Waals surface area contributed by atoms with E-state index in [1.165, 1.54) is 23.1 Å². The maximum absolute atomic E-state index is 4.50. The molecule has 16 heavy (non-hydrogen) atoms. The summed E-state index contributed by atoms with van der Waals surface area (Å²) in [4.78, 5) is 4.50. The predicted octanol–water partition coefficient (Wildman–Crippen LogP) is 3.32. The molecule has 0 fully saturated rings. The Hall–Kier alpha value is -0.890. The molecular weight excluding hydrogens is 196 g/mol. The highest BCUT2D eigenvalue weighted by Gasteiger charge is 2.10. The van der Waals surface area contributed by atoms with E-state index in [1.54, 1.807) is 0 Å². The van der Waals surface area contributed by atoms with E-state index in [9.17, 15) is 0 Å². The molecule has 1 N–H and O–H groups in total. The number of pyridine rings is 1. The third kappa shape index (κ3) is 3.05. The number of hydrogen-bond donors (Lipinski definition) is 1. The van der Waals surface area contributed by atoms with Crippen LogP contribution in [0.4, 0.5) is 0 Å². The molecule has 1 aromatic heterocycles. The van der Waals surface area contributed by atoms with Crippen LogP contribution in [0.15, 0.2) is 6.20 Å². The van der Waals surface area contributed by atoms with Crippen LogP contribution in [-0.2, 0) is 6.54 Å². The quantitative estimate of drug-likeness (QED) is 0.770. The van der Waals surface area contributed by atoms with Crippen molar-refractivity contribution in [1.82, 2.24) is 10.3 Å². The Morgan fingerprint density at radius 3 is 2.56 bits per heavy atom. The number of rotatable bonds is 5. The van der Waals surface area contributed by atoms with Crippen molar-refractivity contribution in [3.63, 3.8) is 0 Å². The van der Waals surface area contributed by atoms with Crippen molar-refractivity contribution < 1.29 is 0 Å². The summed E-state index contributed by atoms with van der Waals surface area (Å²) in [6.45, 7) is 13.0. The second-order valence-electron chi connectivity index (χ2n) is 4.73. The zero-order valence-electron chi connectivity index (χ0n) is 11.2. The molecule has 0 amide bonds. The highest BCUT2D eigenvalue weighted by molar-refractivity contribution is 5.36.